The van der Waals surface area contributed by atoms with Crippen LogP contribution in [0.2, 0.25) is 4.34 Å². The quantitative estimate of drug-likeness (QED) is 0.774. The van der Waals surface area contributed by atoms with E-state index in [9.17, 15) is 4.79 Å². The highest BCUT2D eigenvalue weighted by atomic mass is 35.5. The van der Waals surface area contributed by atoms with Gasteiger partial charge in [-0.3, -0.25) is 9.48 Å². The number of carbonyl (C=O) groups is 1. The zero-order chi connectivity index (χ0) is 10.8. The van der Waals surface area contributed by atoms with E-state index in [0.29, 0.717) is 15.5 Å². The molecule has 0 bridgehead atoms. The maximum Gasteiger partial charge on any atom is 0.197 e. The molecule has 0 aliphatic heterocycles. The third kappa shape index (κ3) is 2.11. The average molecular weight is 241 g/mol. The number of aryl methyl sites for hydroxylation is 1. The van der Waals surface area contributed by atoms with E-state index >= 15 is 0 Å². The normalized spacial score (nSPS) is 10.5. The van der Waals surface area contributed by atoms with Gasteiger partial charge in [0, 0.05) is 23.7 Å². The lowest BCUT2D eigenvalue weighted by Gasteiger charge is -1.92. The van der Waals surface area contributed by atoms with Crippen molar-refractivity contribution in [1.29, 1.82) is 0 Å². The second-order valence-electron chi connectivity index (χ2n) is 3.05. The van der Waals surface area contributed by atoms with Crippen molar-refractivity contribution in [2.24, 2.45) is 0 Å². The number of halogens is 1. The molecule has 0 aliphatic rings. The van der Waals surface area contributed by atoms with Crippen molar-refractivity contribution in [2.75, 3.05) is 0 Å². The summed E-state index contributed by atoms with van der Waals surface area (Å²) in [5.74, 6) is -0.0298. The van der Waals surface area contributed by atoms with Crippen molar-refractivity contribution in [2.45, 2.75) is 13.5 Å². The predicted octanol–water partition coefficient (Wildman–Crippen LogP) is 2.85. The zero-order valence-electron chi connectivity index (χ0n) is 8.11. The number of nitrogens with zero attached hydrogens (tertiary/aromatic N) is 2. The molecule has 0 N–H and O–H groups in total. The Labute approximate surface area is 96.3 Å². The first-order valence-electron chi connectivity index (χ1n) is 4.52. The van der Waals surface area contributed by atoms with Crippen LogP contribution in [0.3, 0.4) is 0 Å². The van der Waals surface area contributed by atoms with Crippen LogP contribution in [-0.4, -0.2) is 15.6 Å². The number of hydrogen-bond donors (Lipinski definition) is 0. The minimum Gasteiger partial charge on any atom is -0.288 e. The van der Waals surface area contributed by atoms with Gasteiger partial charge in [0.15, 0.2) is 5.78 Å². The molecule has 0 radical (unpaired) electrons. The largest absolute Gasteiger partial charge is 0.288 e. The lowest BCUT2D eigenvalue weighted by Crippen LogP contribution is -1.98. The summed E-state index contributed by atoms with van der Waals surface area (Å²) >= 11 is 7.13. The number of thiophene rings is 1. The Bertz CT molecular complexity index is 489. The summed E-state index contributed by atoms with van der Waals surface area (Å²) in [6.07, 6.45) is 3.32. The predicted molar refractivity (Wildman–Crippen MR) is 60.7 cm³/mol. The molecule has 78 valence electrons. The molecule has 0 saturated carbocycles. The number of aromatic nitrogens is 2. The van der Waals surface area contributed by atoms with Crippen molar-refractivity contribution < 1.29 is 4.79 Å². The molecule has 2 aromatic rings. The number of rotatable bonds is 3. The van der Waals surface area contributed by atoms with Crippen LogP contribution in [0.5, 0.6) is 0 Å². The van der Waals surface area contributed by atoms with E-state index in [-0.39, 0.29) is 5.78 Å². The molecule has 0 fully saturated rings. The first-order valence-corrected chi connectivity index (χ1v) is 5.77. The molecule has 2 aromatic heterocycles. The highest BCUT2D eigenvalue weighted by Crippen LogP contribution is 2.22. The summed E-state index contributed by atoms with van der Waals surface area (Å²) in [5, 5.41) is 5.81. The number of carbonyl (C=O) groups excluding carboxylic acids is 1. The van der Waals surface area contributed by atoms with E-state index in [2.05, 4.69) is 5.10 Å². The molecule has 0 spiro atoms. The first-order chi connectivity index (χ1) is 7.20. The molecule has 0 aromatic carbocycles. The van der Waals surface area contributed by atoms with E-state index in [1.807, 2.05) is 6.92 Å². The molecule has 0 aliphatic carbocycles. The smallest absolute Gasteiger partial charge is 0.197 e. The summed E-state index contributed by atoms with van der Waals surface area (Å²) in [6.45, 7) is 2.74. The lowest BCUT2D eigenvalue weighted by molar-refractivity contribution is 0.103. The van der Waals surface area contributed by atoms with Crippen molar-refractivity contribution in [1.82, 2.24) is 9.78 Å². The Morgan fingerprint density at radius 1 is 1.60 bits per heavy atom. The Balaban J connectivity index is 2.28. The van der Waals surface area contributed by atoms with Gasteiger partial charge in [0.1, 0.15) is 0 Å². The first kappa shape index (κ1) is 10.4. The minimum absolute atomic E-state index is 0.0298. The van der Waals surface area contributed by atoms with Gasteiger partial charge in [0.05, 0.1) is 16.1 Å². The fourth-order valence-corrected chi connectivity index (χ4v) is 2.11. The van der Waals surface area contributed by atoms with Gasteiger partial charge in [-0.15, -0.1) is 11.3 Å². The topological polar surface area (TPSA) is 34.9 Å². The van der Waals surface area contributed by atoms with Gasteiger partial charge in [-0.25, -0.2) is 0 Å². The standard InChI is InChI=1S/C10H9ClN2OS/c1-2-13-5-8(4-12-13)10(14)7-3-9(11)15-6-7/h3-6H,2H2,1H3. The fourth-order valence-electron chi connectivity index (χ4n) is 1.25. The highest BCUT2D eigenvalue weighted by Gasteiger charge is 2.12. The summed E-state index contributed by atoms with van der Waals surface area (Å²) in [5.41, 5.74) is 1.23. The van der Waals surface area contributed by atoms with Gasteiger partial charge in [-0.2, -0.15) is 5.10 Å². The van der Waals surface area contributed by atoms with Crippen LogP contribution in [0.15, 0.2) is 23.8 Å². The van der Waals surface area contributed by atoms with Gasteiger partial charge < -0.3 is 0 Å². The van der Waals surface area contributed by atoms with E-state index in [0.717, 1.165) is 6.54 Å². The summed E-state index contributed by atoms with van der Waals surface area (Å²) in [7, 11) is 0. The van der Waals surface area contributed by atoms with Crippen molar-refractivity contribution in [3.8, 4) is 0 Å². The third-order valence-corrected chi connectivity index (χ3v) is 3.14. The highest BCUT2D eigenvalue weighted by molar-refractivity contribution is 7.14. The van der Waals surface area contributed by atoms with Crippen LogP contribution in [0.4, 0.5) is 0 Å². The molecular formula is C10H9ClN2OS. The van der Waals surface area contributed by atoms with Crippen LogP contribution in [0.1, 0.15) is 22.8 Å². The zero-order valence-corrected chi connectivity index (χ0v) is 9.68. The Kier molecular flexibility index (Phi) is 2.88. The summed E-state index contributed by atoms with van der Waals surface area (Å²) < 4.78 is 2.35. The van der Waals surface area contributed by atoms with Gasteiger partial charge in [-0.1, -0.05) is 11.6 Å². The Morgan fingerprint density at radius 3 is 2.93 bits per heavy atom. The Hall–Kier alpha value is -1.13. The fraction of sp³-hybridized carbons (Fsp3) is 0.200. The lowest BCUT2D eigenvalue weighted by atomic mass is 10.1. The maximum atomic E-state index is 11.9. The average Bonchev–Trinajstić information content (AvgIpc) is 2.84. The maximum absolute atomic E-state index is 11.9. The van der Waals surface area contributed by atoms with Crippen LogP contribution in [0, 0.1) is 0 Å². The molecule has 0 saturated heterocycles. The second-order valence-corrected chi connectivity index (χ2v) is 4.60. The molecule has 2 heterocycles. The van der Waals surface area contributed by atoms with Crippen molar-refractivity contribution in [3.05, 3.63) is 39.3 Å². The summed E-state index contributed by atoms with van der Waals surface area (Å²) in [4.78, 5) is 11.9. The van der Waals surface area contributed by atoms with Crippen LogP contribution < -0.4 is 0 Å². The minimum atomic E-state index is -0.0298. The molecule has 0 atom stereocenters. The molecule has 3 nitrogen and oxygen atoms in total. The van der Waals surface area contributed by atoms with Gasteiger partial charge in [0.2, 0.25) is 0 Å². The van der Waals surface area contributed by atoms with E-state index in [1.54, 1.807) is 28.5 Å². The van der Waals surface area contributed by atoms with E-state index in [1.165, 1.54) is 11.3 Å². The van der Waals surface area contributed by atoms with Gasteiger partial charge >= 0.3 is 0 Å². The molecule has 0 unspecified atom stereocenters. The molecule has 2 rings (SSSR count). The van der Waals surface area contributed by atoms with Crippen molar-refractivity contribution >= 4 is 28.7 Å². The molecular weight excluding hydrogens is 232 g/mol. The second kappa shape index (κ2) is 4.16. The van der Waals surface area contributed by atoms with E-state index < -0.39 is 0 Å². The number of ketones is 1. The SMILES string of the molecule is CCn1cc(C(=O)c2csc(Cl)c2)cn1. The van der Waals surface area contributed by atoms with Crippen LogP contribution >= 0.6 is 22.9 Å². The number of hydrogen-bond acceptors (Lipinski definition) is 3. The Morgan fingerprint density at radius 2 is 2.40 bits per heavy atom. The van der Waals surface area contributed by atoms with Gasteiger partial charge in [-0.05, 0) is 13.0 Å². The molecule has 0 amide bonds. The summed E-state index contributed by atoms with van der Waals surface area (Å²) in [6, 6.07) is 1.68. The monoisotopic (exact) mass is 240 g/mol. The van der Waals surface area contributed by atoms with E-state index in [4.69, 9.17) is 11.6 Å². The van der Waals surface area contributed by atoms with Crippen LogP contribution in [-0.2, 0) is 6.54 Å². The van der Waals surface area contributed by atoms with Crippen LogP contribution in [0.25, 0.3) is 0 Å². The van der Waals surface area contributed by atoms with Crippen molar-refractivity contribution in [3.63, 3.8) is 0 Å². The molecule has 5 heteroatoms. The van der Waals surface area contributed by atoms with Gasteiger partial charge in [0.25, 0.3) is 0 Å². The third-order valence-electron chi connectivity index (χ3n) is 2.05. The molecule has 15 heavy (non-hydrogen) atoms.